The minimum Gasteiger partial charge on any atom is -0.316 e. The van der Waals surface area contributed by atoms with Crippen molar-refractivity contribution in [1.82, 2.24) is 24.1 Å². The molecular formula is C53H33N5S. The Morgan fingerprint density at radius 3 is 1.69 bits per heavy atom. The van der Waals surface area contributed by atoms with Crippen molar-refractivity contribution in [2.24, 2.45) is 0 Å². The first-order chi connectivity index (χ1) is 29.2. The fraction of sp³-hybridized carbons (Fsp3) is 0. The molecule has 0 amide bonds. The number of nitrogens with zero attached hydrogens (tertiary/aromatic N) is 5. The van der Waals surface area contributed by atoms with Crippen LogP contribution in [0.15, 0.2) is 200 Å². The third-order valence-electron chi connectivity index (χ3n) is 11.4. The van der Waals surface area contributed by atoms with Crippen molar-refractivity contribution in [2.45, 2.75) is 0 Å². The summed E-state index contributed by atoms with van der Waals surface area (Å²) in [6.07, 6.45) is 2.18. The van der Waals surface area contributed by atoms with Gasteiger partial charge in [-0.15, -0.1) is 11.3 Å². The summed E-state index contributed by atoms with van der Waals surface area (Å²) in [5.41, 5.74) is 10.8. The molecule has 0 saturated carbocycles. The summed E-state index contributed by atoms with van der Waals surface area (Å²) in [6.45, 7) is 0. The standard InChI is InChI=1S/C53H33N5S/c1-4-14-34(15-5-1)51-54-52(35-16-6-2-7-17-35)56-53(55-51)39-20-12-18-36(30-39)37-19-13-23-41(31-37)58-47-33-46-38(28-29-57(46)40-21-8-3-9-22-40)32-45(47)43-26-27-44-42-24-10-11-25-48(42)59-50(44)49(43)58/h1-33H. The molecule has 6 heteroatoms. The first kappa shape index (κ1) is 33.5. The Labute approximate surface area is 343 Å². The lowest BCUT2D eigenvalue weighted by Gasteiger charge is -2.13. The molecule has 0 radical (unpaired) electrons. The van der Waals surface area contributed by atoms with Gasteiger partial charge in [-0.1, -0.05) is 140 Å². The predicted octanol–water partition coefficient (Wildman–Crippen LogP) is 13.9. The van der Waals surface area contributed by atoms with Gasteiger partial charge in [0.25, 0.3) is 0 Å². The van der Waals surface area contributed by atoms with Crippen LogP contribution in [0.1, 0.15) is 0 Å². The van der Waals surface area contributed by atoms with Crippen LogP contribution in [0.4, 0.5) is 0 Å². The van der Waals surface area contributed by atoms with Crippen LogP contribution in [0.3, 0.4) is 0 Å². The molecule has 0 saturated heterocycles. The Kier molecular flexibility index (Phi) is 7.64. The molecule has 0 bridgehead atoms. The van der Waals surface area contributed by atoms with Crippen LogP contribution >= 0.6 is 11.3 Å². The van der Waals surface area contributed by atoms with E-state index in [1.165, 1.54) is 52.9 Å². The Bertz CT molecular complexity index is 3490. The fourth-order valence-electron chi connectivity index (χ4n) is 8.59. The van der Waals surface area contributed by atoms with Crippen LogP contribution in [0.25, 0.3) is 110 Å². The number of fused-ring (bicyclic) bond motifs is 8. The topological polar surface area (TPSA) is 48.5 Å². The zero-order valence-electron chi connectivity index (χ0n) is 31.7. The van der Waals surface area contributed by atoms with Gasteiger partial charge in [-0.05, 0) is 65.7 Å². The summed E-state index contributed by atoms with van der Waals surface area (Å²) in [5, 5.41) is 6.28. The number of benzene rings is 8. The van der Waals surface area contributed by atoms with Crippen molar-refractivity contribution in [3.8, 4) is 56.7 Å². The highest BCUT2D eigenvalue weighted by Gasteiger charge is 2.20. The van der Waals surface area contributed by atoms with Crippen LogP contribution in [0.5, 0.6) is 0 Å². The molecule has 0 aliphatic heterocycles. The third-order valence-corrected chi connectivity index (χ3v) is 12.6. The van der Waals surface area contributed by atoms with Crippen molar-refractivity contribution in [3.63, 3.8) is 0 Å². The van der Waals surface area contributed by atoms with Crippen LogP contribution in [0.2, 0.25) is 0 Å². The smallest absolute Gasteiger partial charge is 0.164 e. The molecule has 276 valence electrons. The molecule has 12 rings (SSSR count). The van der Waals surface area contributed by atoms with E-state index in [2.05, 4.69) is 149 Å². The van der Waals surface area contributed by atoms with E-state index in [0.717, 1.165) is 39.2 Å². The Morgan fingerprint density at radius 2 is 0.949 bits per heavy atom. The average Bonchev–Trinajstić information content (AvgIpc) is 4.01. The van der Waals surface area contributed by atoms with E-state index in [-0.39, 0.29) is 0 Å². The second kappa shape index (κ2) is 13.5. The van der Waals surface area contributed by atoms with Crippen LogP contribution in [-0.2, 0) is 0 Å². The SMILES string of the molecule is c1ccc(-c2nc(-c3ccccc3)nc(-c3cccc(-c4cccc(-n5c6cc7c(ccn7-c7ccccc7)cc6c6ccc7c8ccccc8sc7c65)c4)c3)n2)cc1. The van der Waals surface area contributed by atoms with Crippen molar-refractivity contribution in [1.29, 1.82) is 0 Å². The zero-order valence-corrected chi connectivity index (χ0v) is 32.5. The third kappa shape index (κ3) is 5.57. The fourth-order valence-corrected chi connectivity index (χ4v) is 9.83. The summed E-state index contributed by atoms with van der Waals surface area (Å²) in [5.74, 6) is 1.93. The van der Waals surface area contributed by atoms with Gasteiger partial charge in [-0.3, -0.25) is 0 Å². The largest absolute Gasteiger partial charge is 0.316 e. The number of para-hydroxylation sites is 1. The number of hydrogen-bond acceptors (Lipinski definition) is 4. The summed E-state index contributed by atoms with van der Waals surface area (Å²) in [6, 6.07) is 68.7. The van der Waals surface area contributed by atoms with Crippen molar-refractivity contribution in [3.05, 3.63) is 200 Å². The number of aromatic nitrogens is 5. The first-order valence-corrected chi connectivity index (χ1v) is 20.6. The summed E-state index contributed by atoms with van der Waals surface area (Å²) in [7, 11) is 0. The number of hydrogen-bond donors (Lipinski definition) is 0. The summed E-state index contributed by atoms with van der Waals surface area (Å²) in [4.78, 5) is 15.0. The highest BCUT2D eigenvalue weighted by atomic mass is 32.1. The van der Waals surface area contributed by atoms with E-state index < -0.39 is 0 Å². The van der Waals surface area contributed by atoms with Crippen molar-refractivity contribution in [2.75, 3.05) is 0 Å². The minimum atomic E-state index is 0.635. The molecule has 4 heterocycles. The van der Waals surface area contributed by atoms with Gasteiger partial charge in [0, 0.05) is 65.9 Å². The summed E-state index contributed by atoms with van der Waals surface area (Å²) >= 11 is 1.88. The van der Waals surface area contributed by atoms with Gasteiger partial charge in [0.1, 0.15) is 0 Å². The van der Waals surface area contributed by atoms with Gasteiger partial charge >= 0.3 is 0 Å². The molecule has 0 atom stereocenters. The minimum absolute atomic E-state index is 0.635. The maximum atomic E-state index is 5.03. The summed E-state index contributed by atoms with van der Waals surface area (Å²) < 4.78 is 7.37. The number of thiophene rings is 1. The zero-order chi connectivity index (χ0) is 38.9. The lowest BCUT2D eigenvalue weighted by Crippen LogP contribution is -2.00. The molecule has 5 nitrogen and oxygen atoms in total. The van der Waals surface area contributed by atoms with Crippen LogP contribution in [0, 0.1) is 0 Å². The van der Waals surface area contributed by atoms with E-state index in [0.29, 0.717) is 17.5 Å². The Morgan fingerprint density at radius 1 is 0.373 bits per heavy atom. The molecule has 8 aromatic carbocycles. The van der Waals surface area contributed by atoms with Crippen molar-refractivity contribution < 1.29 is 0 Å². The molecule has 0 unspecified atom stereocenters. The normalized spacial score (nSPS) is 11.7. The lowest BCUT2D eigenvalue weighted by molar-refractivity contribution is 1.07. The van der Waals surface area contributed by atoms with E-state index in [1.807, 2.05) is 72.0 Å². The molecule has 0 N–H and O–H groups in total. The highest BCUT2D eigenvalue weighted by molar-refractivity contribution is 7.26. The highest BCUT2D eigenvalue weighted by Crippen LogP contribution is 2.44. The molecule has 59 heavy (non-hydrogen) atoms. The molecule has 0 aliphatic carbocycles. The quantitative estimate of drug-likeness (QED) is 0.169. The maximum Gasteiger partial charge on any atom is 0.164 e. The maximum absolute atomic E-state index is 5.03. The molecule has 0 aliphatic rings. The molecule has 12 aromatic rings. The second-order valence-corrected chi connectivity index (χ2v) is 15.9. The second-order valence-electron chi connectivity index (χ2n) is 14.9. The van der Waals surface area contributed by atoms with Gasteiger partial charge in [0.05, 0.1) is 21.3 Å². The van der Waals surface area contributed by atoms with E-state index in [1.54, 1.807) is 0 Å². The first-order valence-electron chi connectivity index (χ1n) is 19.8. The molecule has 0 spiro atoms. The molecule has 0 fully saturated rings. The van der Waals surface area contributed by atoms with Gasteiger partial charge in [-0.25, -0.2) is 15.0 Å². The number of rotatable bonds is 6. The Balaban J connectivity index is 1.06. The van der Waals surface area contributed by atoms with E-state index >= 15 is 0 Å². The van der Waals surface area contributed by atoms with Gasteiger partial charge in [0.15, 0.2) is 17.5 Å². The van der Waals surface area contributed by atoms with Crippen LogP contribution in [-0.4, -0.2) is 24.1 Å². The lowest BCUT2D eigenvalue weighted by atomic mass is 10.0. The van der Waals surface area contributed by atoms with Gasteiger partial charge in [0.2, 0.25) is 0 Å². The van der Waals surface area contributed by atoms with E-state index in [9.17, 15) is 0 Å². The van der Waals surface area contributed by atoms with Gasteiger partial charge < -0.3 is 9.13 Å². The monoisotopic (exact) mass is 771 g/mol. The van der Waals surface area contributed by atoms with Crippen LogP contribution < -0.4 is 0 Å². The predicted molar refractivity (Wildman–Crippen MR) is 246 cm³/mol. The average molecular weight is 772 g/mol. The van der Waals surface area contributed by atoms with E-state index in [4.69, 9.17) is 15.0 Å². The van der Waals surface area contributed by atoms with Crippen molar-refractivity contribution >= 4 is 64.2 Å². The molecular weight excluding hydrogens is 739 g/mol. The Hall–Kier alpha value is -7.67. The molecule has 4 aromatic heterocycles. The van der Waals surface area contributed by atoms with Gasteiger partial charge in [-0.2, -0.15) is 0 Å².